The number of benzene rings is 2. The maximum Gasteiger partial charge on any atom is 0.142 e. The van der Waals surface area contributed by atoms with Crippen molar-refractivity contribution in [3.05, 3.63) is 71.3 Å². The van der Waals surface area contributed by atoms with Gasteiger partial charge in [0.25, 0.3) is 0 Å². The number of nitrogens with zero attached hydrogens (tertiary/aromatic N) is 4. The number of piperidine rings is 1. The van der Waals surface area contributed by atoms with Gasteiger partial charge >= 0.3 is 0 Å². The third-order valence-corrected chi connectivity index (χ3v) is 8.53. The van der Waals surface area contributed by atoms with Gasteiger partial charge in [0.15, 0.2) is 0 Å². The summed E-state index contributed by atoms with van der Waals surface area (Å²) in [4.78, 5) is 2.39. The summed E-state index contributed by atoms with van der Waals surface area (Å²) in [6.07, 6.45) is 4.65. The zero-order valence-corrected chi connectivity index (χ0v) is 26.7. The molecule has 1 fully saturated rings. The van der Waals surface area contributed by atoms with Crippen LogP contribution in [0.25, 0.3) is 0 Å². The predicted molar refractivity (Wildman–Crippen MR) is 170 cm³/mol. The number of aryl methyl sites for hydroxylation is 1. The summed E-state index contributed by atoms with van der Waals surface area (Å²) >= 11 is 0. The lowest BCUT2D eigenvalue weighted by Crippen LogP contribution is -2.48. The van der Waals surface area contributed by atoms with Gasteiger partial charge in [-0.25, -0.2) is 0 Å². The second kappa shape index (κ2) is 16.3. The summed E-state index contributed by atoms with van der Waals surface area (Å²) in [5.41, 5.74) is 4.74. The van der Waals surface area contributed by atoms with E-state index in [0.717, 1.165) is 73.9 Å². The number of rotatable bonds is 16. The van der Waals surface area contributed by atoms with E-state index in [1.807, 2.05) is 25.5 Å². The number of methoxy groups -OCH3 is 1. The second-order valence-electron chi connectivity index (χ2n) is 11.9. The molecule has 2 aromatic carbocycles. The molecular formula is C34H49N5O5. The van der Waals surface area contributed by atoms with Crippen molar-refractivity contribution >= 4 is 5.69 Å². The van der Waals surface area contributed by atoms with Crippen LogP contribution in [-0.4, -0.2) is 86.2 Å². The number of hydrogen-bond donors (Lipinski definition) is 1. The fourth-order valence-electron chi connectivity index (χ4n) is 6.14. The molecule has 240 valence electrons. The number of aromatic nitrogens is 3. The second-order valence-corrected chi connectivity index (χ2v) is 11.9. The van der Waals surface area contributed by atoms with Gasteiger partial charge in [-0.3, -0.25) is 0 Å². The molecule has 1 saturated heterocycles. The average molecular weight is 608 g/mol. The Labute approximate surface area is 262 Å². The minimum Gasteiger partial charge on any atom is -0.490 e. The topological polar surface area (TPSA) is 92.1 Å². The van der Waals surface area contributed by atoms with Crippen LogP contribution in [0.1, 0.15) is 55.1 Å². The fourth-order valence-corrected chi connectivity index (χ4v) is 6.14. The van der Waals surface area contributed by atoms with Crippen LogP contribution < -0.4 is 15.0 Å². The van der Waals surface area contributed by atoms with Gasteiger partial charge in [-0.1, -0.05) is 30.3 Å². The minimum absolute atomic E-state index is 0.0324. The summed E-state index contributed by atoms with van der Waals surface area (Å²) in [5.74, 6) is 2.17. The zero-order valence-electron chi connectivity index (χ0n) is 26.7. The van der Waals surface area contributed by atoms with Gasteiger partial charge in [-0.05, 0) is 55.5 Å². The normalized spacial score (nSPS) is 20.7. The Balaban J connectivity index is 1.25. The molecule has 2 aliphatic rings. The molecule has 1 N–H and O–H groups in total. The lowest BCUT2D eigenvalue weighted by Gasteiger charge is -2.37. The largest absolute Gasteiger partial charge is 0.490 e. The van der Waals surface area contributed by atoms with E-state index >= 15 is 0 Å². The van der Waals surface area contributed by atoms with Gasteiger partial charge < -0.3 is 38.5 Å². The van der Waals surface area contributed by atoms with Crippen LogP contribution in [0.15, 0.2) is 48.8 Å². The minimum atomic E-state index is 0.0324. The van der Waals surface area contributed by atoms with Crippen molar-refractivity contribution in [1.82, 2.24) is 20.1 Å². The predicted octanol–water partition coefficient (Wildman–Crippen LogP) is 4.27. The molecule has 10 heteroatoms. The molecule has 5 rings (SSSR count). The summed E-state index contributed by atoms with van der Waals surface area (Å²) in [6.45, 7) is 10.5. The van der Waals surface area contributed by atoms with Crippen LogP contribution in [0.2, 0.25) is 0 Å². The molecule has 0 saturated carbocycles. The molecule has 10 nitrogen and oxygen atoms in total. The first kappa shape index (κ1) is 32.4. The van der Waals surface area contributed by atoms with E-state index in [0.29, 0.717) is 33.0 Å². The van der Waals surface area contributed by atoms with Gasteiger partial charge in [-0.2, -0.15) is 0 Å². The first-order valence-electron chi connectivity index (χ1n) is 16.0. The summed E-state index contributed by atoms with van der Waals surface area (Å²) in [6, 6.07) is 15.6. The van der Waals surface area contributed by atoms with Crippen LogP contribution in [0, 0.1) is 0 Å². The first-order valence-corrected chi connectivity index (χ1v) is 16.0. The summed E-state index contributed by atoms with van der Waals surface area (Å²) in [5, 5.41) is 12.1. The Morgan fingerprint density at radius 2 is 1.95 bits per heavy atom. The van der Waals surface area contributed by atoms with Crippen molar-refractivity contribution < 1.29 is 23.7 Å². The van der Waals surface area contributed by atoms with E-state index in [1.54, 1.807) is 13.4 Å². The lowest BCUT2D eigenvalue weighted by atomic mass is 9.83. The molecule has 44 heavy (non-hydrogen) atoms. The van der Waals surface area contributed by atoms with Gasteiger partial charge in [0.2, 0.25) is 0 Å². The molecule has 0 radical (unpaired) electrons. The molecule has 0 aliphatic carbocycles. The van der Waals surface area contributed by atoms with Crippen molar-refractivity contribution in [3.63, 3.8) is 0 Å². The Hall–Kier alpha value is -3.02. The van der Waals surface area contributed by atoms with Gasteiger partial charge in [-0.15, -0.1) is 10.2 Å². The highest BCUT2D eigenvalue weighted by Crippen LogP contribution is 2.35. The molecule has 0 spiro atoms. The van der Waals surface area contributed by atoms with E-state index in [-0.39, 0.29) is 24.2 Å². The molecule has 3 aromatic rings. The maximum absolute atomic E-state index is 6.70. The standard InChI is InChI=1S/C34H49N5O5/c1-5-42-25(2)21-41-22-26-7-10-28(11-8-26)30-18-29(19-34-37-36-24-38(34)3)35-20-33(30)44-23-27-9-12-32-31(17-27)39(14-16-43-32)13-6-15-40-4/h7-12,17,24-25,29-30,33,35H,5-6,13-16,18-23H2,1-4H3/t25-,29-,30-,33+/m1/s1. The fraction of sp³-hybridized carbons (Fsp3) is 0.588. The number of ether oxygens (including phenoxy) is 5. The highest BCUT2D eigenvalue weighted by molar-refractivity contribution is 5.61. The highest BCUT2D eigenvalue weighted by atomic mass is 16.5. The Morgan fingerprint density at radius 3 is 2.73 bits per heavy atom. The lowest BCUT2D eigenvalue weighted by molar-refractivity contribution is -0.00718. The van der Waals surface area contributed by atoms with E-state index in [2.05, 4.69) is 62.9 Å². The van der Waals surface area contributed by atoms with Crippen LogP contribution >= 0.6 is 0 Å². The van der Waals surface area contributed by atoms with Crippen LogP contribution in [0.3, 0.4) is 0 Å². The molecule has 0 unspecified atom stereocenters. The molecule has 4 atom stereocenters. The molecule has 2 aliphatic heterocycles. The molecule has 0 bridgehead atoms. The van der Waals surface area contributed by atoms with E-state index in [4.69, 9.17) is 23.7 Å². The smallest absolute Gasteiger partial charge is 0.142 e. The van der Waals surface area contributed by atoms with E-state index < -0.39 is 0 Å². The van der Waals surface area contributed by atoms with Crippen LogP contribution in [0.4, 0.5) is 5.69 Å². The number of hydrogen-bond acceptors (Lipinski definition) is 9. The van der Waals surface area contributed by atoms with E-state index in [1.165, 1.54) is 5.56 Å². The number of fused-ring (bicyclic) bond motifs is 1. The van der Waals surface area contributed by atoms with Gasteiger partial charge in [0, 0.05) is 58.8 Å². The molecule has 1 aromatic heterocycles. The summed E-state index contributed by atoms with van der Waals surface area (Å²) < 4.78 is 31.4. The average Bonchev–Trinajstić information content (AvgIpc) is 3.44. The van der Waals surface area contributed by atoms with Crippen molar-refractivity contribution in [3.8, 4) is 5.75 Å². The quantitative estimate of drug-likeness (QED) is 0.240. The van der Waals surface area contributed by atoms with Gasteiger partial charge in [0.05, 0.1) is 44.3 Å². The Bertz CT molecular complexity index is 1290. The SMILES string of the molecule is CCO[C@H](C)COCc1ccc([C@H]2C[C@H](Cc3nncn3C)NC[C@@H]2OCc2ccc3c(c2)N(CCCOC)CCO3)cc1. The van der Waals surface area contributed by atoms with Crippen molar-refractivity contribution in [1.29, 1.82) is 0 Å². The highest BCUT2D eigenvalue weighted by Gasteiger charge is 2.33. The van der Waals surface area contributed by atoms with Crippen molar-refractivity contribution in [2.45, 2.75) is 70.5 Å². The Kier molecular flexibility index (Phi) is 12.0. The Morgan fingerprint density at radius 1 is 1.11 bits per heavy atom. The molecule has 0 amide bonds. The zero-order chi connectivity index (χ0) is 30.7. The summed E-state index contributed by atoms with van der Waals surface area (Å²) in [7, 11) is 3.75. The van der Waals surface area contributed by atoms with Crippen molar-refractivity contribution in [2.24, 2.45) is 7.05 Å². The monoisotopic (exact) mass is 607 g/mol. The third-order valence-electron chi connectivity index (χ3n) is 8.53. The third kappa shape index (κ3) is 8.79. The van der Waals surface area contributed by atoms with Crippen molar-refractivity contribution in [2.75, 3.05) is 58.1 Å². The van der Waals surface area contributed by atoms with Crippen LogP contribution in [-0.2, 0) is 45.6 Å². The molecule has 3 heterocycles. The first-order chi connectivity index (χ1) is 21.5. The van der Waals surface area contributed by atoms with Gasteiger partial charge in [0.1, 0.15) is 24.5 Å². The number of anilines is 1. The van der Waals surface area contributed by atoms with E-state index in [9.17, 15) is 0 Å². The van der Waals surface area contributed by atoms with Crippen LogP contribution in [0.5, 0.6) is 5.75 Å². The number of nitrogens with one attached hydrogen (secondary N) is 1. The molecular weight excluding hydrogens is 558 g/mol. The maximum atomic E-state index is 6.70.